The molecule has 1 aromatic rings. The van der Waals surface area contributed by atoms with Crippen LogP contribution in [0.5, 0.6) is 0 Å². The highest BCUT2D eigenvalue weighted by Crippen LogP contribution is 2.38. The fourth-order valence-electron chi connectivity index (χ4n) is 3.85. The van der Waals surface area contributed by atoms with Gasteiger partial charge >= 0.3 is 5.97 Å². The molecule has 2 aliphatic rings. The Labute approximate surface area is 131 Å². The van der Waals surface area contributed by atoms with Crippen LogP contribution in [-0.4, -0.2) is 46.6 Å². The monoisotopic (exact) mass is 303 g/mol. The molecule has 1 aromatic heterocycles. The second kappa shape index (κ2) is 6.34. The van der Waals surface area contributed by atoms with Gasteiger partial charge < -0.3 is 10.4 Å². The number of pyridine rings is 1. The molecule has 0 aromatic carbocycles. The molecule has 0 amide bonds. The van der Waals surface area contributed by atoms with Crippen LogP contribution < -0.4 is 5.32 Å². The number of nitrogens with one attached hydrogen (secondary N) is 1. The van der Waals surface area contributed by atoms with Gasteiger partial charge in [-0.1, -0.05) is 13.0 Å². The van der Waals surface area contributed by atoms with Gasteiger partial charge in [-0.2, -0.15) is 0 Å². The van der Waals surface area contributed by atoms with E-state index in [-0.39, 0.29) is 6.04 Å². The molecule has 0 radical (unpaired) electrons. The van der Waals surface area contributed by atoms with E-state index in [0.717, 1.165) is 51.0 Å². The van der Waals surface area contributed by atoms with Gasteiger partial charge in [0.05, 0.1) is 11.1 Å². The number of carboxylic acid groups (broad SMARTS) is 1. The van der Waals surface area contributed by atoms with E-state index in [1.807, 2.05) is 6.20 Å². The number of nitrogens with zero attached hydrogens (tertiary/aromatic N) is 2. The Bertz CT molecular complexity index is 531. The second-order valence-corrected chi connectivity index (χ2v) is 6.58. The van der Waals surface area contributed by atoms with Crippen LogP contribution in [0.3, 0.4) is 0 Å². The highest BCUT2D eigenvalue weighted by atomic mass is 16.4. The first-order valence-electron chi connectivity index (χ1n) is 8.27. The molecule has 2 fully saturated rings. The number of piperidine rings is 2. The second-order valence-electron chi connectivity index (χ2n) is 6.58. The topological polar surface area (TPSA) is 65.5 Å². The molecule has 2 N–H and O–H groups in total. The van der Waals surface area contributed by atoms with E-state index in [1.54, 1.807) is 0 Å². The number of hydrogen-bond acceptors (Lipinski definition) is 4. The van der Waals surface area contributed by atoms with Crippen LogP contribution in [0.2, 0.25) is 0 Å². The van der Waals surface area contributed by atoms with Crippen molar-refractivity contribution in [3.05, 3.63) is 29.6 Å². The SMILES string of the molecule is CCc1ccc(CN2CC[C@H]3NCCC[C@]3(C(=O)O)C2)nc1. The smallest absolute Gasteiger partial charge is 0.312 e. The minimum Gasteiger partial charge on any atom is -0.481 e. The lowest BCUT2D eigenvalue weighted by atomic mass is 9.70. The van der Waals surface area contributed by atoms with Gasteiger partial charge in [-0.3, -0.25) is 14.7 Å². The molecule has 3 heterocycles. The molecule has 0 saturated carbocycles. The summed E-state index contributed by atoms with van der Waals surface area (Å²) in [4.78, 5) is 18.7. The normalized spacial score (nSPS) is 29.0. The summed E-state index contributed by atoms with van der Waals surface area (Å²) >= 11 is 0. The molecule has 5 heteroatoms. The van der Waals surface area contributed by atoms with Gasteiger partial charge in [-0.05, 0) is 43.9 Å². The zero-order valence-electron chi connectivity index (χ0n) is 13.2. The minimum atomic E-state index is -0.649. The van der Waals surface area contributed by atoms with E-state index in [9.17, 15) is 9.90 Å². The van der Waals surface area contributed by atoms with E-state index in [2.05, 4.69) is 34.3 Å². The van der Waals surface area contributed by atoms with Crippen molar-refractivity contribution < 1.29 is 9.90 Å². The van der Waals surface area contributed by atoms with Crippen molar-refractivity contribution in [2.75, 3.05) is 19.6 Å². The Morgan fingerprint density at radius 2 is 2.41 bits per heavy atom. The minimum absolute atomic E-state index is 0.116. The molecule has 0 bridgehead atoms. The number of carbonyl (C=O) groups is 1. The molecule has 2 atom stereocenters. The molecule has 22 heavy (non-hydrogen) atoms. The van der Waals surface area contributed by atoms with Crippen LogP contribution in [0.1, 0.15) is 37.4 Å². The first kappa shape index (κ1) is 15.4. The quantitative estimate of drug-likeness (QED) is 0.886. The summed E-state index contributed by atoms with van der Waals surface area (Å²) in [7, 11) is 0. The van der Waals surface area contributed by atoms with Crippen molar-refractivity contribution in [1.82, 2.24) is 15.2 Å². The first-order chi connectivity index (χ1) is 10.6. The van der Waals surface area contributed by atoms with Crippen LogP contribution in [0.4, 0.5) is 0 Å². The molecule has 0 spiro atoms. The van der Waals surface area contributed by atoms with Crippen LogP contribution >= 0.6 is 0 Å². The van der Waals surface area contributed by atoms with Crippen LogP contribution in [0.15, 0.2) is 18.3 Å². The summed E-state index contributed by atoms with van der Waals surface area (Å²) in [5.74, 6) is -0.649. The standard InChI is InChI=1S/C17H25N3O2/c1-2-13-4-5-14(19-10-13)11-20-9-6-15-17(12-20,16(21)22)7-3-8-18-15/h4-5,10,15,18H,2-3,6-9,11-12H2,1H3,(H,21,22)/t15-,17+/m1/s1. The number of aryl methyl sites for hydroxylation is 1. The van der Waals surface area contributed by atoms with E-state index in [1.165, 1.54) is 5.56 Å². The number of rotatable bonds is 4. The zero-order valence-corrected chi connectivity index (χ0v) is 13.2. The predicted molar refractivity (Wildman–Crippen MR) is 84.6 cm³/mol. The van der Waals surface area contributed by atoms with Crippen LogP contribution in [0, 0.1) is 5.41 Å². The van der Waals surface area contributed by atoms with E-state index in [0.29, 0.717) is 6.54 Å². The molecular weight excluding hydrogens is 278 g/mol. The number of hydrogen-bond donors (Lipinski definition) is 2. The Kier molecular flexibility index (Phi) is 4.45. The van der Waals surface area contributed by atoms with Crippen molar-refractivity contribution in [2.24, 2.45) is 5.41 Å². The van der Waals surface area contributed by atoms with Gasteiger partial charge in [0.1, 0.15) is 0 Å². The number of likely N-dealkylation sites (tertiary alicyclic amines) is 1. The molecule has 3 rings (SSSR count). The van der Waals surface area contributed by atoms with Gasteiger partial charge in [0.25, 0.3) is 0 Å². The lowest BCUT2D eigenvalue weighted by molar-refractivity contribution is -0.157. The molecule has 2 saturated heterocycles. The van der Waals surface area contributed by atoms with Gasteiger partial charge in [-0.15, -0.1) is 0 Å². The van der Waals surface area contributed by atoms with Crippen molar-refractivity contribution in [2.45, 2.75) is 45.2 Å². The van der Waals surface area contributed by atoms with Gasteiger partial charge in [-0.25, -0.2) is 0 Å². The maximum absolute atomic E-state index is 11.9. The summed E-state index contributed by atoms with van der Waals surface area (Å²) in [5, 5.41) is 13.2. The summed E-state index contributed by atoms with van der Waals surface area (Å²) in [6, 6.07) is 4.30. The molecule has 120 valence electrons. The average Bonchev–Trinajstić information content (AvgIpc) is 2.55. The number of aromatic nitrogens is 1. The molecular formula is C17H25N3O2. The Balaban J connectivity index is 1.71. The average molecular weight is 303 g/mol. The zero-order chi connectivity index (χ0) is 15.6. The van der Waals surface area contributed by atoms with E-state index < -0.39 is 11.4 Å². The molecule has 0 unspecified atom stereocenters. The summed E-state index contributed by atoms with van der Waals surface area (Å²) in [6.45, 7) is 5.36. The lowest BCUT2D eigenvalue weighted by Crippen LogP contribution is -2.62. The number of carboxylic acids is 1. The van der Waals surface area contributed by atoms with Crippen molar-refractivity contribution >= 4 is 5.97 Å². The van der Waals surface area contributed by atoms with Crippen molar-refractivity contribution in [1.29, 1.82) is 0 Å². The number of fused-ring (bicyclic) bond motifs is 1. The fourth-order valence-corrected chi connectivity index (χ4v) is 3.85. The Morgan fingerprint density at radius 3 is 3.09 bits per heavy atom. The van der Waals surface area contributed by atoms with E-state index in [4.69, 9.17) is 0 Å². The Morgan fingerprint density at radius 1 is 1.55 bits per heavy atom. The summed E-state index contributed by atoms with van der Waals surface area (Å²) < 4.78 is 0. The van der Waals surface area contributed by atoms with Gasteiger partial charge in [0.2, 0.25) is 0 Å². The maximum atomic E-state index is 11.9. The van der Waals surface area contributed by atoms with Crippen molar-refractivity contribution in [3.8, 4) is 0 Å². The molecule has 5 nitrogen and oxygen atoms in total. The maximum Gasteiger partial charge on any atom is 0.312 e. The highest BCUT2D eigenvalue weighted by molar-refractivity contribution is 5.76. The molecule has 2 aliphatic heterocycles. The third-order valence-electron chi connectivity index (χ3n) is 5.20. The fraction of sp³-hybridized carbons (Fsp3) is 0.647. The van der Waals surface area contributed by atoms with Crippen molar-refractivity contribution in [3.63, 3.8) is 0 Å². The van der Waals surface area contributed by atoms with Gasteiger partial charge in [0, 0.05) is 31.9 Å². The first-order valence-corrected chi connectivity index (χ1v) is 8.27. The third-order valence-corrected chi connectivity index (χ3v) is 5.20. The summed E-state index contributed by atoms with van der Waals surface area (Å²) in [6.07, 6.45) is 5.54. The third kappa shape index (κ3) is 2.88. The number of aliphatic carboxylic acids is 1. The Hall–Kier alpha value is -1.46. The van der Waals surface area contributed by atoms with Gasteiger partial charge in [0.15, 0.2) is 0 Å². The molecule has 0 aliphatic carbocycles. The predicted octanol–water partition coefficient (Wildman–Crippen LogP) is 1.67. The van der Waals surface area contributed by atoms with E-state index >= 15 is 0 Å². The lowest BCUT2D eigenvalue weighted by Gasteiger charge is -2.48. The van der Waals surface area contributed by atoms with Crippen LogP contribution in [-0.2, 0) is 17.8 Å². The largest absolute Gasteiger partial charge is 0.481 e. The summed E-state index contributed by atoms with van der Waals surface area (Å²) in [5.41, 5.74) is 1.64. The highest BCUT2D eigenvalue weighted by Gasteiger charge is 2.50. The van der Waals surface area contributed by atoms with Crippen LogP contribution in [0.25, 0.3) is 0 Å².